The van der Waals surface area contributed by atoms with Gasteiger partial charge in [-0.2, -0.15) is 0 Å². The van der Waals surface area contributed by atoms with Crippen molar-refractivity contribution in [2.45, 2.75) is 27.3 Å². The van der Waals surface area contributed by atoms with E-state index in [-0.39, 0.29) is 11.2 Å². The number of anilines is 1. The second-order valence-electron chi connectivity index (χ2n) is 5.55. The van der Waals surface area contributed by atoms with Crippen LogP contribution in [0.5, 0.6) is 0 Å². The van der Waals surface area contributed by atoms with Crippen molar-refractivity contribution in [3.05, 3.63) is 23.6 Å². The Kier molecular flexibility index (Phi) is 4.46. The van der Waals surface area contributed by atoms with Gasteiger partial charge in [-0.15, -0.1) is 0 Å². The Morgan fingerprint density at radius 3 is 2.59 bits per heavy atom. The summed E-state index contributed by atoms with van der Waals surface area (Å²) in [7, 11) is 3.68. The quantitative estimate of drug-likeness (QED) is 0.874. The maximum atomic E-state index is 14.1. The van der Waals surface area contributed by atoms with E-state index < -0.39 is 0 Å². The molecule has 0 aliphatic rings. The molecule has 0 atom stereocenters. The van der Waals surface area contributed by atoms with E-state index in [0.717, 1.165) is 6.54 Å². The lowest BCUT2D eigenvalue weighted by atomic mass is 9.96. The third-order valence-electron chi connectivity index (χ3n) is 2.39. The monoisotopic (exact) mass is 239 g/mol. The van der Waals surface area contributed by atoms with Crippen LogP contribution in [0.3, 0.4) is 0 Å². The van der Waals surface area contributed by atoms with Crippen LogP contribution in [0, 0.1) is 11.2 Å². The van der Waals surface area contributed by atoms with Crippen LogP contribution in [0.15, 0.2) is 12.3 Å². The summed E-state index contributed by atoms with van der Waals surface area (Å²) in [6.07, 6.45) is 1.66. The summed E-state index contributed by atoms with van der Waals surface area (Å²) in [6.45, 7) is 7.65. The third kappa shape index (κ3) is 3.97. The summed E-state index contributed by atoms with van der Waals surface area (Å²) in [5.74, 6) is 0.196. The van der Waals surface area contributed by atoms with Gasteiger partial charge < -0.3 is 10.2 Å². The summed E-state index contributed by atoms with van der Waals surface area (Å²) in [4.78, 5) is 6.00. The van der Waals surface area contributed by atoms with Crippen LogP contribution < -0.4 is 10.2 Å². The zero-order chi connectivity index (χ0) is 13.1. The van der Waals surface area contributed by atoms with Crippen molar-refractivity contribution in [2.75, 3.05) is 25.5 Å². The van der Waals surface area contributed by atoms with Crippen molar-refractivity contribution in [3.63, 3.8) is 0 Å². The van der Waals surface area contributed by atoms with Crippen molar-refractivity contribution in [1.29, 1.82) is 0 Å². The second-order valence-corrected chi connectivity index (χ2v) is 5.55. The highest BCUT2D eigenvalue weighted by atomic mass is 19.1. The molecule has 0 unspecified atom stereocenters. The molecule has 0 aliphatic carbocycles. The van der Waals surface area contributed by atoms with Gasteiger partial charge in [0.1, 0.15) is 0 Å². The molecule has 0 saturated heterocycles. The van der Waals surface area contributed by atoms with Crippen molar-refractivity contribution in [2.24, 2.45) is 5.41 Å². The number of nitrogens with zero attached hydrogens (tertiary/aromatic N) is 2. The van der Waals surface area contributed by atoms with Crippen LogP contribution >= 0.6 is 0 Å². The lowest BCUT2D eigenvalue weighted by Gasteiger charge is -2.28. The maximum Gasteiger partial charge on any atom is 0.170 e. The molecule has 17 heavy (non-hydrogen) atoms. The van der Waals surface area contributed by atoms with Crippen LogP contribution in [-0.4, -0.2) is 25.6 Å². The van der Waals surface area contributed by atoms with E-state index in [1.807, 2.05) is 11.9 Å². The molecule has 0 aromatic carbocycles. The molecule has 0 amide bonds. The van der Waals surface area contributed by atoms with Gasteiger partial charge in [0, 0.05) is 31.9 Å². The standard InChI is InChI=1S/C13H22FN3/c1-13(2,3)9-17(5)12-11(14)10(8-15-4)6-7-16-12/h6-7,15H,8-9H2,1-5H3. The van der Waals surface area contributed by atoms with Crippen molar-refractivity contribution < 1.29 is 4.39 Å². The molecular weight excluding hydrogens is 217 g/mol. The SMILES string of the molecule is CNCc1ccnc(N(C)CC(C)(C)C)c1F. The first kappa shape index (κ1) is 13.9. The maximum absolute atomic E-state index is 14.1. The van der Waals surface area contributed by atoms with Gasteiger partial charge in [-0.1, -0.05) is 20.8 Å². The van der Waals surface area contributed by atoms with Crippen molar-refractivity contribution in [1.82, 2.24) is 10.3 Å². The predicted molar refractivity (Wildman–Crippen MR) is 69.7 cm³/mol. The lowest BCUT2D eigenvalue weighted by molar-refractivity contribution is 0.415. The van der Waals surface area contributed by atoms with E-state index in [0.29, 0.717) is 17.9 Å². The first-order chi connectivity index (χ1) is 7.85. The van der Waals surface area contributed by atoms with E-state index in [2.05, 4.69) is 31.1 Å². The molecule has 96 valence electrons. The van der Waals surface area contributed by atoms with Gasteiger partial charge in [-0.05, 0) is 18.5 Å². The van der Waals surface area contributed by atoms with Gasteiger partial charge in [0.15, 0.2) is 11.6 Å². The Morgan fingerprint density at radius 2 is 2.06 bits per heavy atom. The zero-order valence-electron chi connectivity index (χ0n) is 11.3. The zero-order valence-corrected chi connectivity index (χ0v) is 11.3. The van der Waals surface area contributed by atoms with E-state index in [1.54, 1.807) is 19.3 Å². The summed E-state index contributed by atoms with van der Waals surface area (Å²) in [6, 6.07) is 1.71. The van der Waals surface area contributed by atoms with Crippen LogP contribution in [-0.2, 0) is 6.54 Å². The molecule has 0 aliphatic heterocycles. The molecule has 1 rings (SSSR count). The summed E-state index contributed by atoms with van der Waals surface area (Å²) in [5, 5.41) is 2.95. The average molecular weight is 239 g/mol. The summed E-state index contributed by atoms with van der Waals surface area (Å²) in [5.41, 5.74) is 0.764. The fraction of sp³-hybridized carbons (Fsp3) is 0.615. The minimum atomic E-state index is -0.228. The van der Waals surface area contributed by atoms with Gasteiger partial charge in [-0.3, -0.25) is 0 Å². The van der Waals surface area contributed by atoms with Gasteiger partial charge >= 0.3 is 0 Å². The van der Waals surface area contributed by atoms with Gasteiger partial charge in [0.25, 0.3) is 0 Å². The topological polar surface area (TPSA) is 28.2 Å². The molecular formula is C13H22FN3. The van der Waals surface area contributed by atoms with Gasteiger partial charge in [0.2, 0.25) is 0 Å². The molecule has 0 spiro atoms. The van der Waals surface area contributed by atoms with Crippen LogP contribution in [0.4, 0.5) is 10.2 Å². The molecule has 3 nitrogen and oxygen atoms in total. The van der Waals surface area contributed by atoms with Crippen molar-refractivity contribution >= 4 is 5.82 Å². The Morgan fingerprint density at radius 1 is 1.41 bits per heavy atom. The minimum Gasteiger partial charge on any atom is -0.357 e. The minimum absolute atomic E-state index is 0.113. The predicted octanol–water partition coefficient (Wildman–Crippen LogP) is 2.42. The highest BCUT2D eigenvalue weighted by molar-refractivity contribution is 5.42. The van der Waals surface area contributed by atoms with Crippen molar-refractivity contribution in [3.8, 4) is 0 Å². The number of nitrogens with one attached hydrogen (secondary N) is 1. The first-order valence-electron chi connectivity index (χ1n) is 5.84. The number of hydrogen-bond donors (Lipinski definition) is 1. The number of hydrogen-bond acceptors (Lipinski definition) is 3. The summed E-state index contributed by atoms with van der Waals surface area (Å²) >= 11 is 0. The highest BCUT2D eigenvalue weighted by Gasteiger charge is 2.18. The molecule has 0 radical (unpaired) electrons. The van der Waals surface area contributed by atoms with Crippen LogP contribution in [0.25, 0.3) is 0 Å². The molecule has 1 aromatic heterocycles. The lowest BCUT2D eigenvalue weighted by Crippen LogP contribution is -2.30. The molecule has 4 heteroatoms. The normalized spacial score (nSPS) is 11.6. The van der Waals surface area contributed by atoms with Crippen LogP contribution in [0.1, 0.15) is 26.3 Å². The Hall–Kier alpha value is -1.16. The van der Waals surface area contributed by atoms with E-state index >= 15 is 0 Å². The number of aromatic nitrogens is 1. The number of halogens is 1. The highest BCUT2D eigenvalue weighted by Crippen LogP contribution is 2.22. The molecule has 0 fully saturated rings. The van der Waals surface area contributed by atoms with E-state index in [4.69, 9.17) is 0 Å². The Bertz CT molecular complexity index is 371. The third-order valence-corrected chi connectivity index (χ3v) is 2.39. The van der Waals surface area contributed by atoms with Crippen LogP contribution in [0.2, 0.25) is 0 Å². The molecule has 1 N–H and O–H groups in total. The molecule has 0 bridgehead atoms. The smallest absolute Gasteiger partial charge is 0.170 e. The average Bonchev–Trinajstić information content (AvgIpc) is 2.18. The second kappa shape index (κ2) is 5.45. The fourth-order valence-corrected chi connectivity index (χ4v) is 1.85. The number of rotatable bonds is 4. The molecule has 1 heterocycles. The van der Waals surface area contributed by atoms with E-state index in [9.17, 15) is 4.39 Å². The molecule has 1 aromatic rings. The molecule has 0 saturated carbocycles. The Labute approximate surface area is 103 Å². The largest absolute Gasteiger partial charge is 0.357 e. The van der Waals surface area contributed by atoms with Gasteiger partial charge in [-0.25, -0.2) is 9.37 Å². The number of pyridine rings is 1. The van der Waals surface area contributed by atoms with Gasteiger partial charge in [0.05, 0.1) is 0 Å². The Balaban J connectivity index is 2.94. The summed E-state index contributed by atoms with van der Waals surface area (Å²) < 4.78 is 14.1. The van der Waals surface area contributed by atoms with E-state index in [1.165, 1.54) is 0 Å². The first-order valence-corrected chi connectivity index (χ1v) is 5.84. The fourth-order valence-electron chi connectivity index (χ4n) is 1.85.